The van der Waals surface area contributed by atoms with Gasteiger partial charge in [-0.1, -0.05) is 0 Å². The van der Waals surface area contributed by atoms with E-state index in [9.17, 15) is 4.79 Å². The van der Waals surface area contributed by atoms with Gasteiger partial charge in [-0.2, -0.15) is 0 Å². The maximum atomic E-state index is 12.0. The zero-order valence-electron chi connectivity index (χ0n) is 14.5. The highest BCUT2D eigenvalue weighted by Gasteiger charge is 2.17. The number of rotatable bonds is 7. The topological polar surface area (TPSA) is 67.4 Å². The molecule has 0 radical (unpaired) electrons. The summed E-state index contributed by atoms with van der Waals surface area (Å²) in [6.45, 7) is 10.2. The molecule has 1 atom stereocenters. The van der Waals surface area contributed by atoms with Gasteiger partial charge in [0.05, 0.1) is 13.2 Å². The van der Waals surface area contributed by atoms with E-state index in [0.717, 1.165) is 49.9 Å². The average molecular weight is 320 g/mol. The van der Waals surface area contributed by atoms with E-state index in [1.807, 2.05) is 19.9 Å². The summed E-state index contributed by atoms with van der Waals surface area (Å²) in [6, 6.07) is 2.38. The van der Waals surface area contributed by atoms with E-state index in [-0.39, 0.29) is 5.91 Å². The van der Waals surface area contributed by atoms with Gasteiger partial charge in [0.25, 0.3) is 0 Å². The van der Waals surface area contributed by atoms with Gasteiger partial charge >= 0.3 is 0 Å². The number of aromatic nitrogens is 2. The van der Waals surface area contributed by atoms with Crippen molar-refractivity contribution in [3.05, 3.63) is 23.3 Å². The summed E-state index contributed by atoms with van der Waals surface area (Å²) in [5.41, 5.74) is 1.94. The molecule has 0 saturated carbocycles. The second-order valence-corrected chi connectivity index (χ2v) is 6.20. The Morgan fingerprint density at radius 3 is 2.61 bits per heavy atom. The van der Waals surface area contributed by atoms with Gasteiger partial charge in [-0.25, -0.2) is 9.97 Å². The lowest BCUT2D eigenvalue weighted by Gasteiger charge is -2.32. The number of nitrogens with zero attached hydrogens (tertiary/aromatic N) is 3. The molecular weight excluding hydrogens is 292 g/mol. The van der Waals surface area contributed by atoms with E-state index >= 15 is 0 Å². The first kappa shape index (κ1) is 17.8. The highest BCUT2D eigenvalue weighted by molar-refractivity contribution is 5.75. The number of amides is 1. The third-order valence-electron chi connectivity index (χ3n) is 4.16. The fourth-order valence-electron chi connectivity index (χ4n) is 2.85. The smallest absolute Gasteiger partial charge is 0.220 e. The van der Waals surface area contributed by atoms with Gasteiger partial charge in [0, 0.05) is 49.9 Å². The van der Waals surface area contributed by atoms with Crippen molar-refractivity contribution in [1.29, 1.82) is 0 Å². The largest absolute Gasteiger partial charge is 0.379 e. The second-order valence-electron chi connectivity index (χ2n) is 6.20. The lowest BCUT2D eigenvalue weighted by atomic mass is 10.1. The fourth-order valence-corrected chi connectivity index (χ4v) is 2.85. The lowest BCUT2D eigenvalue weighted by Crippen LogP contribution is -2.42. The van der Waals surface area contributed by atoms with Crippen LogP contribution in [0, 0.1) is 13.8 Å². The molecule has 0 aliphatic carbocycles. The number of carbonyl (C=O) groups excluding carboxylic acids is 1. The molecule has 2 rings (SSSR count). The molecular formula is C17H28N4O2. The van der Waals surface area contributed by atoms with Crippen molar-refractivity contribution in [1.82, 2.24) is 20.2 Å². The van der Waals surface area contributed by atoms with E-state index in [1.54, 1.807) is 0 Å². The Balaban J connectivity index is 1.64. The molecule has 0 bridgehead atoms. The predicted octanol–water partition coefficient (Wildman–Crippen LogP) is 1.25. The highest BCUT2D eigenvalue weighted by atomic mass is 16.5. The van der Waals surface area contributed by atoms with E-state index in [0.29, 0.717) is 25.4 Å². The maximum Gasteiger partial charge on any atom is 0.220 e. The summed E-state index contributed by atoms with van der Waals surface area (Å²) in [7, 11) is 0. The molecule has 1 aromatic rings. The number of morpholine rings is 1. The standard InChI is InChI=1S/C17H28N4O2/c1-13-12-14(2)20-16(19-13)6-7-18-17(22)5-4-15(3)21-8-10-23-11-9-21/h12,15H,4-11H2,1-3H3,(H,18,22)/t15-/m0/s1. The lowest BCUT2D eigenvalue weighted by molar-refractivity contribution is -0.121. The molecule has 2 heterocycles. The zero-order chi connectivity index (χ0) is 16.7. The number of aryl methyl sites for hydroxylation is 2. The summed E-state index contributed by atoms with van der Waals surface area (Å²) >= 11 is 0. The van der Waals surface area contributed by atoms with Crippen molar-refractivity contribution in [2.75, 3.05) is 32.8 Å². The van der Waals surface area contributed by atoms with Crippen molar-refractivity contribution in [2.24, 2.45) is 0 Å². The van der Waals surface area contributed by atoms with Crippen molar-refractivity contribution < 1.29 is 9.53 Å². The first-order valence-corrected chi connectivity index (χ1v) is 8.44. The minimum atomic E-state index is 0.106. The molecule has 0 unspecified atom stereocenters. The molecule has 0 aromatic carbocycles. The minimum Gasteiger partial charge on any atom is -0.379 e. The fraction of sp³-hybridized carbons (Fsp3) is 0.706. The van der Waals surface area contributed by atoms with Gasteiger partial charge < -0.3 is 10.1 Å². The summed E-state index contributed by atoms with van der Waals surface area (Å²) in [6.07, 6.45) is 2.12. The summed E-state index contributed by atoms with van der Waals surface area (Å²) < 4.78 is 5.35. The van der Waals surface area contributed by atoms with Crippen molar-refractivity contribution >= 4 is 5.91 Å². The Bertz CT molecular complexity index is 495. The molecule has 1 saturated heterocycles. The SMILES string of the molecule is Cc1cc(C)nc(CCNC(=O)CC[C@H](C)N2CCOCC2)n1. The van der Waals surface area contributed by atoms with Crippen LogP contribution >= 0.6 is 0 Å². The Morgan fingerprint density at radius 1 is 1.30 bits per heavy atom. The number of hydrogen-bond donors (Lipinski definition) is 1. The molecule has 23 heavy (non-hydrogen) atoms. The van der Waals surface area contributed by atoms with Crippen LogP contribution in [-0.2, 0) is 16.0 Å². The van der Waals surface area contributed by atoms with Crippen LogP contribution in [0.25, 0.3) is 0 Å². The quantitative estimate of drug-likeness (QED) is 0.819. The third-order valence-corrected chi connectivity index (χ3v) is 4.16. The predicted molar refractivity (Wildman–Crippen MR) is 89.3 cm³/mol. The molecule has 1 amide bonds. The van der Waals surface area contributed by atoms with Crippen LogP contribution in [-0.4, -0.2) is 59.7 Å². The molecule has 1 aromatic heterocycles. The molecule has 6 nitrogen and oxygen atoms in total. The number of hydrogen-bond acceptors (Lipinski definition) is 5. The number of nitrogens with one attached hydrogen (secondary N) is 1. The normalized spacial score (nSPS) is 17.0. The van der Waals surface area contributed by atoms with Crippen LogP contribution < -0.4 is 5.32 Å². The van der Waals surface area contributed by atoms with Gasteiger partial charge in [-0.3, -0.25) is 9.69 Å². The van der Waals surface area contributed by atoms with Crippen LogP contribution in [0.1, 0.15) is 37.0 Å². The van der Waals surface area contributed by atoms with Gasteiger partial charge in [-0.05, 0) is 33.3 Å². The van der Waals surface area contributed by atoms with Crippen molar-refractivity contribution in [2.45, 2.75) is 46.1 Å². The van der Waals surface area contributed by atoms with Crippen molar-refractivity contribution in [3.8, 4) is 0 Å². The first-order chi connectivity index (χ1) is 11.0. The summed E-state index contributed by atoms with van der Waals surface area (Å²) in [5, 5.41) is 2.97. The van der Waals surface area contributed by atoms with Crippen LogP contribution in [0.4, 0.5) is 0 Å². The zero-order valence-corrected chi connectivity index (χ0v) is 14.5. The highest BCUT2D eigenvalue weighted by Crippen LogP contribution is 2.09. The Kier molecular flexibility index (Phi) is 6.92. The summed E-state index contributed by atoms with van der Waals surface area (Å²) in [5.74, 6) is 0.902. The number of ether oxygens (including phenoxy) is 1. The molecule has 6 heteroatoms. The van der Waals surface area contributed by atoms with Gasteiger partial charge in [-0.15, -0.1) is 0 Å². The van der Waals surface area contributed by atoms with E-state index < -0.39 is 0 Å². The molecule has 0 spiro atoms. The maximum absolute atomic E-state index is 12.0. The average Bonchev–Trinajstić information content (AvgIpc) is 2.52. The van der Waals surface area contributed by atoms with Crippen LogP contribution in [0.3, 0.4) is 0 Å². The monoisotopic (exact) mass is 320 g/mol. The first-order valence-electron chi connectivity index (χ1n) is 8.44. The summed E-state index contributed by atoms with van der Waals surface area (Å²) in [4.78, 5) is 23.1. The van der Waals surface area contributed by atoms with Gasteiger partial charge in [0.2, 0.25) is 5.91 Å². The molecule has 1 aliphatic rings. The molecule has 1 N–H and O–H groups in total. The molecule has 1 aliphatic heterocycles. The molecule has 1 fully saturated rings. The molecule has 128 valence electrons. The van der Waals surface area contributed by atoms with Crippen LogP contribution in [0.15, 0.2) is 6.07 Å². The Morgan fingerprint density at radius 2 is 1.96 bits per heavy atom. The van der Waals surface area contributed by atoms with Crippen LogP contribution in [0.5, 0.6) is 0 Å². The van der Waals surface area contributed by atoms with Gasteiger partial charge in [0.1, 0.15) is 5.82 Å². The van der Waals surface area contributed by atoms with E-state index in [1.165, 1.54) is 0 Å². The second kappa shape index (κ2) is 8.93. The minimum absolute atomic E-state index is 0.106. The Hall–Kier alpha value is -1.53. The van der Waals surface area contributed by atoms with Crippen molar-refractivity contribution in [3.63, 3.8) is 0 Å². The number of carbonyl (C=O) groups is 1. The van der Waals surface area contributed by atoms with Gasteiger partial charge in [0.15, 0.2) is 0 Å². The van der Waals surface area contributed by atoms with E-state index in [2.05, 4.69) is 27.1 Å². The van der Waals surface area contributed by atoms with Crippen LogP contribution in [0.2, 0.25) is 0 Å². The third kappa shape index (κ3) is 6.23. The Labute approximate surface area is 138 Å². The van der Waals surface area contributed by atoms with E-state index in [4.69, 9.17) is 4.74 Å².